The summed E-state index contributed by atoms with van der Waals surface area (Å²) < 4.78 is 0. The Labute approximate surface area is 106 Å². The largest absolute Gasteiger partial charge is 0.481 e. The van der Waals surface area contributed by atoms with Crippen molar-refractivity contribution in [3.63, 3.8) is 0 Å². The van der Waals surface area contributed by atoms with Crippen LogP contribution >= 0.6 is 0 Å². The molecule has 0 fully saturated rings. The first-order valence-corrected chi connectivity index (χ1v) is 5.40. The highest BCUT2D eigenvalue weighted by Gasteiger charge is 1.82. The van der Waals surface area contributed by atoms with Crippen LogP contribution in [-0.2, 0) is 9.59 Å². The minimum Gasteiger partial charge on any atom is -0.481 e. The van der Waals surface area contributed by atoms with E-state index in [4.69, 9.17) is 10.2 Å². The van der Waals surface area contributed by atoms with Gasteiger partial charge in [0.05, 0.1) is 0 Å². The van der Waals surface area contributed by atoms with E-state index in [9.17, 15) is 9.59 Å². The maximum absolute atomic E-state index is 10.1. The highest BCUT2D eigenvalue weighted by atomic mass is 16.4. The van der Waals surface area contributed by atoms with Crippen molar-refractivity contribution in [2.24, 2.45) is 0 Å². The predicted octanol–water partition coefficient (Wildman–Crippen LogP) is 2.82. The number of carbonyl (C=O) groups is 2. The van der Waals surface area contributed by atoms with Gasteiger partial charge in [-0.1, -0.05) is 55.5 Å². The molecule has 1 aromatic rings. The molecule has 0 unspecified atom stereocenters. The standard InChI is InChI=1S/C11H10O2.C3H6O2/c12-11(13)9-5-4-8-10-6-2-1-3-7-10;1-2-3(4)5/h1-9H,(H,12,13);2H2,1H3,(H,4,5). The first-order valence-electron chi connectivity index (χ1n) is 5.40. The normalized spacial score (nSPS) is 10.1. The van der Waals surface area contributed by atoms with Crippen molar-refractivity contribution < 1.29 is 19.8 Å². The maximum atomic E-state index is 10.1. The Bertz CT molecular complexity index is 419. The molecule has 0 aromatic heterocycles. The summed E-state index contributed by atoms with van der Waals surface area (Å²) in [6.45, 7) is 1.60. The zero-order chi connectivity index (χ0) is 13.8. The van der Waals surface area contributed by atoms with E-state index in [1.165, 1.54) is 6.08 Å². The number of hydrogen-bond donors (Lipinski definition) is 2. The number of rotatable bonds is 4. The fourth-order valence-electron chi connectivity index (χ4n) is 0.869. The third-order valence-electron chi connectivity index (χ3n) is 1.74. The first-order chi connectivity index (χ1) is 8.56. The summed E-state index contributed by atoms with van der Waals surface area (Å²) in [5.41, 5.74) is 1.05. The number of allylic oxidation sites excluding steroid dienone is 2. The van der Waals surface area contributed by atoms with E-state index in [2.05, 4.69) is 0 Å². The monoisotopic (exact) mass is 248 g/mol. The second-order valence-electron chi connectivity index (χ2n) is 3.21. The molecule has 0 saturated carbocycles. The van der Waals surface area contributed by atoms with E-state index in [-0.39, 0.29) is 6.42 Å². The number of aliphatic carboxylic acids is 2. The average molecular weight is 248 g/mol. The summed E-state index contributed by atoms with van der Waals surface area (Å²) in [6, 6.07) is 9.70. The molecular weight excluding hydrogens is 232 g/mol. The van der Waals surface area contributed by atoms with E-state index < -0.39 is 11.9 Å². The minimum absolute atomic E-state index is 0.222. The van der Waals surface area contributed by atoms with Gasteiger partial charge in [0.2, 0.25) is 0 Å². The first kappa shape index (κ1) is 15.6. The average Bonchev–Trinajstić information content (AvgIpc) is 2.36. The number of carboxylic acids is 2. The molecule has 1 aromatic carbocycles. The zero-order valence-electron chi connectivity index (χ0n) is 10.1. The van der Waals surface area contributed by atoms with Crippen LogP contribution in [0.25, 0.3) is 6.08 Å². The van der Waals surface area contributed by atoms with Crippen molar-refractivity contribution in [3.8, 4) is 0 Å². The maximum Gasteiger partial charge on any atom is 0.328 e. The number of carboxylic acid groups (broad SMARTS) is 2. The summed E-state index contributed by atoms with van der Waals surface area (Å²) in [7, 11) is 0. The molecule has 96 valence electrons. The van der Waals surface area contributed by atoms with E-state index in [1.54, 1.807) is 13.0 Å². The van der Waals surface area contributed by atoms with Gasteiger partial charge >= 0.3 is 11.9 Å². The van der Waals surface area contributed by atoms with Crippen molar-refractivity contribution in [2.75, 3.05) is 0 Å². The van der Waals surface area contributed by atoms with E-state index >= 15 is 0 Å². The van der Waals surface area contributed by atoms with Crippen LogP contribution < -0.4 is 0 Å². The Balaban J connectivity index is 0.000000494. The van der Waals surface area contributed by atoms with Gasteiger partial charge < -0.3 is 10.2 Å². The summed E-state index contributed by atoms with van der Waals surface area (Å²) in [5.74, 6) is -1.68. The summed E-state index contributed by atoms with van der Waals surface area (Å²) in [5, 5.41) is 16.0. The third kappa shape index (κ3) is 10.2. The lowest BCUT2D eigenvalue weighted by molar-refractivity contribution is -0.136. The Kier molecular flexibility index (Phi) is 8.55. The van der Waals surface area contributed by atoms with Gasteiger partial charge in [0.1, 0.15) is 0 Å². The van der Waals surface area contributed by atoms with Gasteiger partial charge in [-0.15, -0.1) is 0 Å². The predicted molar refractivity (Wildman–Crippen MR) is 70.2 cm³/mol. The molecule has 4 nitrogen and oxygen atoms in total. The van der Waals surface area contributed by atoms with E-state index in [0.717, 1.165) is 11.6 Å². The molecule has 18 heavy (non-hydrogen) atoms. The van der Waals surface area contributed by atoms with Gasteiger partial charge in [0, 0.05) is 12.5 Å². The fraction of sp³-hybridized carbons (Fsp3) is 0.143. The van der Waals surface area contributed by atoms with Crippen molar-refractivity contribution >= 4 is 18.0 Å². The van der Waals surface area contributed by atoms with Crippen LogP contribution in [-0.4, -0.2) is 22.2 Å². The Morgan fingerprint density at radius 3 is 2.11 bits per heavy atom. The summed E-state index contributed by atoms with van der Waals surface area (Å²) in [4.78, 5) is 19.5. The Morgan fingerprint density at radius 2 is 1.67 bits per heavy atom. The van der Waals surface area contributed by atoms with E-state index in [1.807, 2.05) is 36.4 Å². The van der Waals surface area contributed by atoms with Crippen LogP contribution in [0.5, 0.6) is 0 Å². The fourth-order valence-corrected chi connectivity index (χ4v) is 0.869. The van der Waals surface area contributed by atoms with Gasteiger partial charge in [-0.25, -0.2) is 4.79 Å². The smallest absolute Gasteiger partial charge is 0.328 e. The number of benzene rings is 1. The zero-order valence-corrected chi connectivity index (χ0v) is 10.1. The van der Waals surface area contributed by atoms with Crippen LogP contribution in [0.4, 0.5) is 0 Å². The third-order valence-corrected chi connectivity index (χ3v) is 1.74. The van der Waals surface area contributed by atoms with Crippen LogP contribution in [0.2, 0.25) is 0 Å². The lowest BCUT2D eigenvalue weighted by atomic mass is 10.2. The molecule has 0 aliphatic rings. The second-order valence-corrected chi connectivity index (χ2v) is 3.21. The van der Waals surface area contributed by atoms with Crippen molar-refractivity contribution in [2.45, 2.75) is 13.3 Å². The van der Waals surface area contributed by atoms with Crippen LogP contribution in [0.15, 0.2) is 48.6 Å². The van der Waals surface area contributed by atoms with Gasteiger partial charge in [0.25, 0.3) is 0 Å². The molecule has 0 spiro atoms. The molecule has 0 atom stereocenters. The highest BCUT2D eigenvalue weighted by Crippen LogP contribution is 2.00. The lowest BCUT2D eigenvalue weighted by Crippen LogP contribution is -1.86. The van der Waals surface area contributed by atoms with Gasteiger partial charge in [0.15, 0.2) is 0 Å². The Hall–Kier alpha value is -2.36. The molecule has 4 heteroatoms. The Morgan fingerprint density at radius 1 is 1.11 bits per heavy atom. The summed E-state index contributed by atoms with van der Waals surface area (Å²) >= 11 is 0. The van der Waals surface area contributed by atoms with Crippen molar-refractivity contribution in [3.05, 3.63) is 54.1 Å². The summed E-state index contributed by atoms with van der Waals surface area (Å²) in [6.07, 6.45) is 6.36. The van der Waals surface area contributed by atoms with Crippen molar-refractivity contribution in [1.82, 2.24) is 0 Å². The topological polar surface area (TPSA) is 74.6 Å². The molecule has 2 N–H and O–H groups in total. The molecule has 0 bridgehead atoms. The van der Waals surface area contributed by atoms with Gasteiger partial charge in [-0.3, -0.25) is 4.79 Å². The molecule has 0 aliphatic carbocycles. The van der Waals surface area contributed by atoms with Crippen LogP contribution in [0.3, 0.4) is 0 Å². The number of hydrogen-bond acceptors (Lipinski definition) is 2. The molecular formula is C14H16O4. The molecule has 0 aliphatic heterocycles. The molecule has 0 radical (unpaired) electrons. The molecule has 0 amide bonds. The SMILES string of the molecule is CCC(=O)O.O=C(O)C=CC=Cc1ccccc1. The van der Waals surface area contributed by atoms with Gasteiger partial charge in [-0.05, 0) is 5.56 Å². The van der Waals surface area contributed by atoms with Crippen LogP contribution in [0.1, 0.15) is 18.9 Å². The molecule has 0 heterocycles. The molecule has 1 rings (SSSR count). The second kappa shape index (κ2) is 9.84. The highest BCUT2D eigenvalue weighted by molar-refractivity contribution is 5.80. The molecule has 0 saturated heterocycles. The lowest BCUT2D eigenvalue weighted by Gasteiger charge is -1.87. The van der Waals surface area contributed by atoms with Gasteiger partial charge in [-0.2, -0.15) is 0 Å². The minimum atomic E-state index is -0.933. The quantitative estimate of drug-likeness (QED) is 0.634. The van der Waals surface area contributed by atoms with Crippen LogP contribution in [0, 0.1) is 0 Å². The van der Waals surface area contributed by atoms with E-state index in [0.29, 0.717) is 0 Å². The van der Waals surface area contributed by atoms with Crippen molar-refractivity contribution in [1.29, 1.82) is 0 Å².